The van der Waals surface area contributed by atoms with Crippen LogP contribution in [-0.4, -0.2) is 64.5 Å². The number of nitrogens with one attached hydrogen (secondary N) is 1. The molecule has 1 heterocycles. The minimum Gasteiger partial charge on any atom is -0.304 e. The van der Waals surface area contributed by atoms with E-state index in [1.165, 1.54) is 6.07 Å². The van der Waals surface area contributed by atoms with Crippen molar-refractivity contribution in [2.45, 2.75) is 11.8 Å². The average molecular weight is 425 g/mol. The van der Waals surface area contributed by atoms with Crippen LogP contribution in [0.25, 0.3) is 0 Å². The molecule has 1 aliphatic heterocycles. The van der Waals surface area contributed by atoms with E-state index in [0.717, 1.165) is 37.2 Å². The number of rotatable bonds is 6. The fourth-order valence-corrected chi connectivity index (χ4v) is 4.76. The Morgan fingerprint density at radius 2 is 1.96 bits per heavy atom. The highest BCUT2D eigenvalue weighted by Crippen LogP contribution is 2.25. The smallest absolute Gasteiger partial charge is 0.242 e. The molecule has 130 valence electrons. The maximum absolute atomic E-state index is 12.4. The van der Waals surface area contributed by atoms with Gasteiger partial charge in [-0.3, -0.25) is 0 Å². The Morgan fingerprint density at radius 3 is 2.57 bits per heavy atom. The van der Waals surface area contributed by atoms with Gasteiger partial charge in [-0.2, -0.15) is 0 Å². The third-order valence-electron chi connectivity index (χ3n) is 3.97. The molecule has 1 N–H and O–H groups in total. The third-order valence-corrected chi connectivity index (χ3v) is 6.37. The van der Waals surface area contributed by atoms with E-state index in [2.05, 4.69) is 44.4 Å². The highest BCUT2D eigenvalue weighted by molar-refractivity contribution is 9.10. The fourth-order valence-electron chi connectivity index (χ4n) is 2.56. The summed E-state index contributed by atoms with van der Waals surface area (Å²) in [5.41, 5.74) is 0. The third kappa shape index (κ3) is 5.69. The molecule has 1 aliphatic rings. The topological polar surface area (TPSA) is 52.7 Å². The lowest BCUT2D eigenvalue weighted by Gasteiger charge is -2.33. The second kappa shape index (κ2) is 8.27. The van der Waals surface area contributed by atoms with E-state index in [0.29, 0.717) is 6.54 Å². The molecule has 0 amide bonds. The monoisotopic (exact) mass is 423 g/mol. The highest BCUT2D eigenvalue weighted by Gasteiger charge is 2.20. The second-order valence-electron chi connectivity index (χ2n) is 6.14. The van der Waals surface area contributed by atoms with Crippen molar-refractivity contribution >= 4 is 37.6 Å². The molecule has 5 nitrogen and oxygen atoms in total. The molecule has 1 atom stereocenters. The van der Waals surface area contributed by atoms with Gasteiger partial charge in [-0.25, -0.2) is 13.1 Å². The van der Waals surface area contributed by atoms with Crippen LogP contribution in [0.1, 0.15) is 6.92 Å². The Kier molecular flexibility index (Phi) is 6.88. The molecule has 0 saturated carbocycles. The van der Waals surface area contributed by atoms with Gasteiger partial charge in [-0.15, -0.1) is 0 Å². The molecular weight excluding hydrogens is 402 g/mol. The van der Waals surface area contributed by atoms with Gasteiger partial charge in [0, 0.05) is 43.7 Å². The number of nitrogens with zero attached hydrogens (tertiary/aromatic N) is 2. The molecule has 1 saturated heterocycles. The highest BCUT2D eigenvalue weighted by atomic mass is 79.9. The van der Waals surface area contributed by atoms with Crippen molar-refractivity contribution in [1.82, 2.24) is 14.5 Å². The zero-order chi connectivity index (χ0) is 17.0. The summed E-state index contributed by atoms with van der Waals surface area (Å²) in [7, 11) is -1.46. The summed E-state index contributed by atoms with van der Waals surface area (Å²) in [6.07, 6.45) is 0. The van der Waals surface area contributed by atoms with Crippen molar-refractivity contribution in [2.24, 2.45) is 5.92 Å². The molecule has 0 bridgehead atoms. The van der Waals surface area contributed by atoms with Gasteiger partial charge in [-0.1, -0.05) is 34.5 Å². The maximum Gasteiger partial charge on any atom is 0.242 e. The molecule has 1 fully saturated rings. The van der Waals surface area contributed by atoms with Gasteiger partial charge < -0.3 is 9.80 Å². The van der Waals surface area contributed by atoms with Crippen LogP contribution in [0, 0.1) is 5.92 Å². The number of halogens is 2. The Balaban J connectivity index is 1.88. The number of likely N-dealkylation sites (N-methyl/N-ethyl adjacent to an activating group) is 1. The number of benzene rings is 1. The van der Waals surface area contributed by atoms with E-state index >= 15 is 0 Å². The van der Waals surface area contributed by atoms with E-state index in [9.17, 15) is 8.42 Å². The minimum absolute atomic E-state index is 0.120. The molecule has 1 aromatic carbocycles. The first-order valence-corrected chi connectivity index (χ1v) is 10.3. The summed E-state index contributed by atoms with van der Waals surface area (Å²) >= 11 is 9.31. The summed E-state index contributed by atoms with van der Waals surface area (Å²) in [5, 5.41) is 0.221. The minimum atomic E-state index is -3.58. The number of hydrogen-bond acceptors (Lipinski definition) is 4. The van der Waals surface area contributed by atoms with Gasteiger partial charge in [0.2, 0.25) is 10.0 Å². The maximum atomic E-state index is 12.4. The van der Waals surface area contributed by atoms with Crippen molar-refractivity contribution in [3.8, 4) is 0 Å². The first kappa shape index (κ1) is 19.1. The van der Waals surface area contributed by atoms with Crippen LogP contribution in [0.4, 0.5) is 0 Å². The molecule has 8 heteroatoms. The van der Waals surface area contributed by atoms with Gasteiger partial charge in [0.25, 0.3) is 0 Å². The quantitative estimate of drug-likeness (QED) is 0.761. The lowest BCUT2D eigenvalue weighted by atomic mass is 10.1. The van der Waals surface area contributed by atoms with Gasteiger partial charge in [0.1, 0.15) is 4.90 Å². The molecule has 0 aromatic heterocycles. The van der Waals surface area contributed by atoms with Crippen LogP contribution in [-0.2, 0) is 10.0 Å². The Hall–Kier alpha value is -0.180. The first-order valence-electron chi connectivity index (χ1n) is 7.63. The number of sulfonamides is 1. The zero-order valence-corrected chi connectivity index (χ0v) is 16.6. The van der Waals surface area contributed by atoms with Crippen LogP contribution in [0.2, 0.25) is 5.02 Å². The molecule has 0 aliphatic carbocycles. The van der Waals surface area contributed by atoms with E-state index in [1.54, 1.807) is 12.1 Å². The molecule has 1 unspecified atom stereocenters. The second-order valence-corrected chi connectivity index (χ2v) is 9.19. The Morgan fingerprint density at radius 1 is 1.30 bits per heavy atom. The molecule has 0 radical (unpaired) electrons. The summed E-state index contributed by atoms with van der Waals surface area (Å²) < 4.78 is 28.2. The lowest BCUT2D eigenvalue weighted by Crippen LogP contribution is -2.46. The first-order chi connectivity index (χ1) is 10.8. The van der Waals surface area contributed by atoms with Gasteiger partial charge >= 0.3 is 0 Å². The molecule has 0 spiro atoms. The molecule has 1 aromatic rings. The van der Waals surface area contributed by atoms with Crippen molar-refractivity contribution in [3.05, 3.63) is 27.7 Å². The van der Waals surface area contributed by atoms with Crippen LogP contribution in [0.15, 0.2) is 27.6 Å². The summed E-state index contributed by atoms with van der Waals surface area (Å²) in [6.45, 7) is 7.55. The van der Waals surface area contributed by atoms with Crippen LogP contribution < -0.4 is 4.72 Å². The van der Waals surface area contributed by atoms with E-state index in [1.807, 2.05) is 0 Å². The predicted octanol–water partition coefficient (Wildman–Crippen LogP) is 2.26. The Labute approximate surface area is 152 Å². The molecule has 2 rings (SSSR count). The van der Waals surface area contributed by atoms with Crippen molar-refractivity contribution in [2.75, 3.05) is 46.3 Å². The summed E-state index contributed by atoms with van der Waals surface area (Å²) in [4.78, 5) is 4.81. The predicted molar refractivity (Wildman–Crippen MR) is 97.4 cm³/mol. The van der Waals surface area contributed by atoms with Crippen LogP contribution >= 0.6 is 27.5 Å². The van der Waals surface area contributed by atoms with Crippen molar-refractivity contribution < 1.29 is 8.42 Å². The van der Waals surface area contributed by atoms with Crippen LogP contribution in [0.5, 0.6) is 0 Å². The molecule has 23 heavy (non-hydrogen) atoms. The SMILES string of the molecule is CC(CNS(=O)(=O)c1ccc(Br)cc1Cl)CN1CCN(C)CC1. The Bertz CT molecular complexity index is 634. The van der Waals surface area contributed by atoms with E-state index < -0.39 is 10.0 Å². The summed E-state index contributed by atoms with van der Waals surface area (Å²) in [5.74, 6) is 0.238. The normalized spacial score (nSPS) is 19.0. The standard InChI is InChI=1S/C15H23BrClN3O2S/c1-12(11-20-7-5-19(2)6-8-20)10-18-23(21,22)15-4-3-13(16)9-14(15)17/h3-4,9,12,18H,5-8,10-11H2,1-2H3. The lowest BCUT2D eigenvalue weighted by molar-refractivity contribution is 0.139. The molecular formula is C15H23BrClN3O2S. The van der Waals surface area contributed by atoms with Gasteiger partial charge in [0.15, 0.2) is 0 Å². The largest absolute Gasteiger partial charge is 0.304 e. The van der Waals surface area contributed by atoms with E-state index in [-0.39, 0.29) is 15.8 Å². The number of hydrogen-bond donors (Lipinski definition) is 1. The van der Waals surface area contributed by atoms with Crippen molar-refractivity contribution in [1.29, 1.82) is 0 Å². The fraction of sp³-hybridized carbons (Fsp3) is 0.600. The van der Waals surface area contributed by atoms with Gasteiger partial charge in [0.05, 0.1) is 5.02 Å². The summed E-state index contributed by atoms with van der Waals surface area (Å²) in [6, 6.07) is 4.78. The average Bonchev–Trinajstić information content (AvgIpc) is 2.47. The zero-order valence-electron chi connectivity index (χ0n) is 13.4. The van der Waals surface area contributed by atoms with Crippen LogP contribution in [0.3, 0.4) is 0 Å². The van der Waals surface area contributed by atoms with E-state index in [4.69, 9.17) is 11.6 Å². The van der Waals surface area contributed by atoms with Gasteiger partial charge in [-0.05, 0) is 31.2 Å². The van der Waals surface area contributed by atoms with Crippen molar-refractivity contribution in [3.63, 3.8) is 0 Å². The number of piperazine rings is 1.